The van der Waals surface area contributed by atoms with E-state index in [0.717, 1.165) is 6.07 Å². The van der Waals surface area contributed by atoms with Crippen molar-refractivity contribution in [1.29, 1.82) is 0 Å². The van der Waals surface area contributed by atoms with Gasteiger partial charge in [-0.15, -0.1) is 0 Å². The lowest BCUT2D eigenvalue weighted by Crippen LogP contribution is -2.11. The third-order valence-corrected chi connectivity index (χ3v) is 3.41. The number of carbonyl (C=O) groups excluding carboxylic acids is 1. The fraction of sp³-hybridized carbons (Fsp3) is 0.231. The maximum absolute atomic E-state index is 13.1. The van der Waals surface area contributed by atoms with Crippen LogP contribution >= 0.6 is 11.6 Å². The SMILES string of the molecule is Cc1nn(C)c(COC(=O)c2cc(F)c(F)cc2N)c1Cl. The fourth-order valence-electron chi connectivity index (χ4n) is 1.79. The molecule has 8 heteroatoms. The molecule has 112 valence electrons. The first-order chi connectivity index (χ1) is 9.81. The van der Waals surface area contributed by atoms with Crippen LogP contribution in [-0.4, -0.2) is 15.7 Å². The molecule has 0 fully saturated rings. The van der Waals surface area contributed by atoms with E-state index in [1.54, 1.807) is 14.0 Å². The second kappa shape index (κ2) is 5.69. The summed E-state index contributed by atoms with van der Waals surface area (Å²) in [5.41, 5.74) is 6.11. The van der Waals surface area contributed by atoms with Gasteiger partial charge < -0.3 is 10.5 Å². The monoisotopic (exact) mass is 315 g/mol. The summed E-state index contributed by atoms with van der Waals surface area (Å²) in [4.78, 5) is 11.9. The van der Waals surface area contributed by atoms with E-state index in [2.05, 4.69) is 5.10 Å². The predicted molar refractivity (Wildman–Crippen MR) is 72.8 cm³/mol. The zero-order valence-corrected chi connectivity index (χ0v) is 12.0. The molecule has 21 heavy (non-hydrogen) atoms. The highest BCUT2D eigenvalue weighted by Crippen LogP contribution is 2.22. The highest BCUT2D eigenvalue weighted by atomic mass is 35.5. The van der Waals surface area contributed by atoms with Gasteiger partial charge in [0.1, 0.15) is 6.61 Å². The maximum Gasteiger partial charge on any atom is 0.340 e. The Labute approximate surface area is 124 Å². The lowest BCUT2D eigenvalue weighted by atomic mass is 10.1. The molecule has 0 aliphatic carbocycles. The number of anilines is 1. The van der Waals surface area contributed by atoms with Crippen LogP contribution in [0.3, 0.4) is 0 Å². The number of halogens is 3. The summed E-state index contributed by atoms with van der Waals surface area (Å²) in [5, 5.41) is 4.44. The number of aryl methyl sites for hydroxylation is 2. The molecule has 1 aromatic heterocycles. The van der Waals surface area contributed by atoms with Gasteiger partial charge in [-0.3, -0.25) is 4.68 Å². The van der Waals surface area contributed by atoms with E-state index in [1.807, 2.05) is 0 Å². The molecule has 0 spiro atoms. The molecule has 0 unspecified atom stereocenters. The standard InChI is InChI=1S/C13H12ClF2N3O2/c1-6-12(14)11(19(2)18-6)5-21-13(20)7-3-8(15)9(16)4-10(7)17/h3-4H,5,17H2,1-2H3. The number of hydrogen-bond donors (Lipinski definition) is 1. The summed E-state index contributed by atoms with van der Waals surface area (Å²) < 4.78 is 32.6. The van der Waals surface area contributed by atoms with Gasteiger partial charge >= 0.3 is 5.97 Å². The molecular formula is C13H12ClF2N3O2. The third kappa shape index (κ3) is 2.97. The van der Waals surface area contributed by atoms with E-state index in [4.69, 9.17) is 22.1 Å². The molecule has 2 N–H and O–H groups in total. The average Bonchev–Trinajstić information content (AvgIpc) is 2.65. The maximum atomic E-state index is 13.1. The van der Waals surface area contributed by atoms with E-state index in [0.29, 0.717) is 22.5 Å². The number of nitrogen functional groups attached to an aromatic ring is 1. The summed E-state index contributed by atoms with van der Waals surface area (Å²) in [6, 6.07) is 1.43. The molecule has 2 aromatic rings. The number of rotatable bonds is 3. The van der Waals surface area contributed by atoms with Crippen molar-refractivity contribution in [2.24, 2.45) is 7.05 Å². The quantitative estimate of drug-likeness (QED) is 0.698. The van der Waals surface area contributed by atoms with E-state index >= 15 is 0 Å². The number of benzene rings is 1. The third-order valence-electron chi connectivity index (χ3n) is 2.91. The first kappa shape index (κ1) is 15.2. The number of carbonyl (C=O) groups is 1. The van der Waals surface area contributed by atoms with Crippen LogP contribution in [0.4, 0.5) is 14.5 Å². The highest BCUT2D eigenvalue weighted by molar-refractivity contribution is 6.31. The Balaban J connectivity index is 2.17. The van der Waals surface area contributed by atoms with Gasteiger partial charge in [0.15, 0.2) is 11.6 Å². The number of ether oxygens (including phenoxy) is 1. The van der Waals surface area contributed by atoms with Gasteiger partial charge in [0.25, 0.3) is 0 Å². The lowest BCUT2D eigenvalue weighted by molar-refractivity contribution is 0.0464. The second-order valence-corrected chi connectivity index (χ2v) is 4.78. The largest absolute Gasteiger partial charge is 0.455 e. The first-order valence-electron chi connectivity index (χ1n) is 5.91. The van der Waals surface area contributed by atoms with Crippen LogP contribution < -0.4 is 5.73 Å². The van der Waals surface area contributed by atoms with Crippen LogP contribution in [0.15, 0.2) is 12.1 Å². The van der Waals surface area contributed by atoms with E-state index in [9.17, 15) is 13.6 Å². The minimum Gasteiger partial charge on any atom is -0.455 e. The van der Waals surface area contributed by atoms with Crippen molar-refractivity contribution in [2.45, 2.75) is 13.5 Å². The van der Waals surface area contributed by atoms with Crippen LogP contribution in [0.5, 0.6) is 0 Å². The number of nitrogens with two attached hydrogens (primary N) is 1. The van der Waals surface area contributed by atoms with Crippen LogP contribution in [-0.2, 0) is 18.4 Å². The molecular weight excluding hydrogens is 304 g/mol. The van der Waals surface area contributed by atoms with Gasteiger partial charge in [-0.1, -0.05) is 11.6 Å². The van der Waals surface area contributed by atoms with E-state index in [-0.39, 0.29) is 17.9 Å². The summed E-state index contributed by atoms with van der Waals surface area (Å²) in [7, 11) is 1.65. The predicted octanol–water partition coefficient (Wildman–Crippen LogP) is 2.60. The van der Waals surface area contributed by atoms with Crippen LogP contribution in [0.2, 0.25) is 5.02 Å². The Morgan fingerprint density at radius 1 is 1.43 bits per heavy atom. The van der Waals surface area contributed by atoms with E-state index in [1.165, 1.54) is 4.68 Å². The van der Waals surface area contributed by atoms with Crippen LogP contribution in [0.25, 0.3) is 0 Å². The summed E-state index contributed by atoms with van der Waals surface area (Å²) in [5.74, 6) is -3.18. The van der Waals surface area contributed by atoms with Gasteiger partial charge in [-0.05, 0) is 13.0 Å². The first-order valence-corrected chi connectivity index (χ1v) is 6.28. The van der Waals surface area contributed by atoms with Crippen molar-refractivity contribution in [3.63, 3.8) is 0 Å². The Morgan fingerprint density at radius 3 is 2.62 bits per heavy atom. The second-order valence-electron chi connectivity index (χ2n) is 4.40. The molecule has 0 aliphatic rings. The van der Waals surface area contributed by atoms with Crippen molar-refractivity contribution in [1.82, 2.24) is 9.78 Å². The van der Waals surface area contributed by atoms with Gasteiger partial charge in [0, 0.05) is 18.8 Å². The minimum absolute atomic E-state index is 0.159. The number of hydrogen-bond acceptors (Lipinski definition) is 4. The van der Waals surface area contributed by atoms with Gasteiger partial charge in [-0.25, -0.2) is 13.6 Å². The van der Waals surface area contributed by atoms with Crippen molar-refractivity contribution in [3.8, 4) is 0 Å². The molecule has 1 heterocycles. The molecule has 1 aromatic carbocycles. The Bertz CT molecular complexity index is 716. The van der Waals surface area contributed by atoms with Crippen molar-refractivity contribution in [2.75, 3.05) is 5.73 Å². The average molecular weight is 316 g/mol. The zero-order chi connectivity index (χ0) is 15.7. The van der Waals surface area contributed by atoms with Crippen molar-refractivity contribution < 1.29 is 18.3 Å². The Hall–Kier alpha value is -2.15. The van der Waals surface area contributed by atoms with Gasteiger partial charge in [0.2, 0.25) is 0 Å². The smallest absolute Gasteiger partial charge is 0.340 e. The number of esters is 1. The summed E-state index contributed by atoms with van der Waals surface area (Å²) in [6.45, 7) is 1.55. The highest BCUT2D eigenvalue weighted by Gasteiger charge is 2.18. The van der Waals surface area contributed by atoms with Crippen molar-refractivity contribution in [3.05, 3.63) is 45.7 Å². The molecule has 2 rings (SSSR count). The molecule has 0 aliphatic heterocycles. The van der Waals surface area contributed by atoms with Crippen LogP contribution in [0, 0.1) is 18.6 Å². The molecule has 0 saturated heterocycles. The van der Waals surface area contributed by atoms with E-state index < -0.39 is 17.6 Å². The fourth-order valence-corrected chi connectivity index (χ4v) is 2.00. The van der Waals surface area contributed by atoms with Gasteiger partial charge in [0.05, 0.1) is 22.0 Å². The number of nitrogens with zero attached hydrogens (tertiary/aromatic N) is 2. The Morgan fingerprint density at radius 2 is 2.05 bits per heavy atom. The summed E-state index contributed by atoms with van der Waals surface area (Å²) in [6.07, 6.45) is 0. The summed E-state index contributed by atoms with van der Waals surface area (Å²) >= 11 is 6.01. The normalized spacial score (nSPS) is 10.7. The minimum atomic E-state index is -1.18. The van der Waals surface area contributed by atoms with Crippen molar-refractivity contribution >= 4 is 23.3 Å². The topological polar surface area (TPSA) is 70.1 Å². The lowest BCUT2D eigenvalue weighted by Gasteiger charge is -2.08. The molecule has 0 radical (unpaired) electrons. The van der Waals surface area contributed by atoms with Crippen LogP contribution in [0.1, 0.15) is 21.7 Å². The number of aromatic nitrogens is 2. The Kier molecular flexibility index (Phi) is 4.13. The zero-order valence-electron chi connectivity index (χ0n) is 11.3. The molecule has 0 atom stereocenters. The molecule has 0 amide bonds. The molecule has 0 bridgehead atoms. The molecule has 0 saturated carbocycles. The van der Waals surface area contributed by atoms with Gasteiger partial charge in [-0.2, -0.15) is 5.10 Å². The molecule has 5 nitrogen and oxygen atoms in total.